The Balaban J connectivity index is 1.37. The van der Waals surface area contributed by atoms with E-state index in [9.17, 15) is 13.2 Å². The molecule has 2 N–H and O–H groups in total. The Morgan fingerprint density at radius 2 is 1.81 bits per heavy atom. The van der Waals surface area contributed by atoms with Gasteiger partial charge in [0.2, 0.25) is 10.0 Å². The van der Waals surface area contributed by atoms with Gasteiger partial charge < -0.3 is 19.8 Å². The fourth-order valence-corrected chi connectivity index (χ4v) is 6.68. The highest BCUT2D eigenvalue weighted by atomic mass is 32.2. The van der Waals surface area contributed by atoms with Gasteiger partial charge in [-0.25, -0.2) is 8.42 Å². The molecule has 8 nitrogen and oxygen atoms in total. The standard InChI is InChI=1S/C28H29N3O5S/c32-28-23(22-16-20(10-11-25(22)30-28)37(33,34)31-12-14-35-15-13-31)17-27-24(18-29-19-6-2-1-3-7-19)21-8-4-5-9-26(21)36-27/h1-3,6-7,10-11,16-17,29H,4-5,8-9,12-15,18H2,(H,30,32). The first-order valence-corrected chi connectivity index (χ1v) is 14.1. The van der Waals surface area contributed by atoms with Crippen LogP contribution >= 0.6 is 0 Å². The number of anilines is 2. The van der Waals surface area contributed by atoms with Gasteiger partial charge in [-0.15, -0.1) is 0 Å². The van der Waals surface area contributed by atoms with Gasteiger partial charge in [0.25, 0.3) is 5.91 Å². The van der Waals surface area contributed by atoms with Gasteiger partial charge in [0.05, 0.1) is 23.7 Å². The highest BCUT2D eigenvalue weighted by molar-refractivity contribution is 7.89. The molecule has 0 saturated carbocycles. The van der Waals surface area contributed by atoms with Crippen molar-refractivity contribution in [3.63, 3.8) is 0 Å². The topological polar surface area (TPSA) is 101 Å². The minimum atomic E-state index is -3.69. The van der Waals surface area contributed by atoms with E-state index in [1.807, 2.05) is 30.3 Å². The minimum absolute atomic E-state index is 0.167. The first-order chi connectivity index (χ1) is 18.0. The Bertz CT molecular complexity index is 1470. The van der Waals surface area contributed by atoms with E-state index in [0.29, 0.717) is 55.4 Å². The molecule has 1 amide bonds. The highest BCUT2D eigenvalue weighted by Crippen LogP contribution is 2.38. The number of morpholine rings is 1. The maximum absolute atomic E-state index is 13.3. The molecular weight excluding hydrogens is 490 g/mol. The second kappa shape index (κ2) is 9.81. The van der Waals surface area contributed by atoms with Crippen molar-refractivity contribution in [2.75, 3.05) is 36.9 Å². The molecule has 1 fully saturated rings. The molecule has 37 heavy (non-hydrogen) atoms. The van der Waals surface area contributed by atoms with Crippen LogP contribution in [0, 0.1) is 0 Å². The highest BCUT2D eigenvalue weighted by Gasteiger charge is 2.31. The number of amides is 1. The molecule has 0 bridgehead atoms. The van der Waals surface area contributed by atoms with E-state index in [0.717, 1.165) is 42.7 Å². The molecule has 0 radical (unpaired) electrons. The van der Waals surface area contributed by atoms with Gasteiger partial charge in [-0.3, -0.25) is 4.79 Å². The van der Waals surface area contributed by atoms with Crippen molar-refractivity contribution in [1.82, 2.24) is 4.31 Å². The second-order valence-electron chi connectivity index (χ2n) is 9.51. The number of hydrogen-bond acceptors (Lipinski definition) is 6. The number of benzene rings is 2. The first kappa shape index (κ1) is 24.0. The summed E-state index contributed by atoms with van der Waals surface area (Å²) in [5.74, 6) is 1.35. The van der Waals surface area contributed by atoms with Gasteiger partial charge in [0.15, 0.2) is 0 Å². The summed E-state index contributed by atoms with van der Waals surface area (Å²) in [7, 11) is -3.69. The van der Waals surface area contributed by atoms with Crippen LogP contribution < -0.4 is 10.6 Å². The van der Waals surface area contributed by atoms with Crippen molar-refractivity contribution in [2.45, 2.75) is 37.1 Å². The molecule has 6 rings (SSSR count). The molecule has 1 aliphatic carbocycles. The summed E-state index contributed by atoms with van der Waals surface area (Å²) < 4.78 is 39.6. The lowest BCUT2D eigenvalue weighted by molar-refractivity contribution is -0.110. The van der Waals surface area contributed by atoms with Gasteiger partial charge >= 0.3 is 0 Å². The summed E-state index contributed by atoms with van der Waals surface area (Å²) in [5, 5.41) is 6.35. The minimum Gasteiger partial charge on any atom is -0.461 e. The summed E-state index contributed by atoms with van der Waals surface area (Å²) in [6.07, 6.45) is 5.77. The zero-order valence-electron chi connectivity index (χ0n) is 20.5. The number of nitrogens with one attached hydrogen (secondary N) is 2. The van der Waals surface area contributed by atoms with Crippen LogP contribution in [0.3, 0.4) is 0 Å². The molecule has 2 aliphatic heterocycles. The Hall–Kier alpha value is -3.40. The number of carbonyl (C=O) groups is 1. The van der Waals surface area contributed by atoms with Crippen LogP contribution in [-0.4, -0.2) is 44.9 Å². The number of sulfonamides is 1. The van der Waals surface area contributed by atoms with Gasteiger partial charge in [0.1, 0.15) is 11.5 Å². The van der Waals surface area contributed by atoms with Crippen LogP contribution in [0.15, 0.2) is 57.8 Å². The molecule has 192 valence electrons. The molecule has 3 heterocycles. The number of aryl methyl sites for hydroxylation is 1. The number of hydrogen-bond donors (Lipinski definition) is 2. The van der Waals surface area contributed by atoms with E-state index in [1.54, 1.807) is 24.3 Å². The molecule has 9 heteroatoms. The molecule has 2 aromatic carbocycles. The molecular formula is C28H29N3O5S. The summed E-state index contributed by atoms with van der Waals surface area (Å²) in [6, 6.07) is 14.8. The van der Waals surface area contributed by atoms with Crippen molar-refractivity contribution in [3.05, 3.63) is 76.7 Å². The van der Waals surface area contributed by atoms with Crippen molar-refractivity contribution in [1.29, 1.82) is 0 Å². The maximum atomic E-state index is 13.3. The van der Waals surface area contributed by atoms with Gasteiger partial charge in [-0.2, -0.15) is 4.31 Å². The predicted molar refractivity (Wildman–Crippen MR) is 142 cm³/mol. The van der Waals surface area contributed by atoms with Gasteiger partial charge in [0, 0.05) is 48.6 Å². The number of nitrogens with zero attached hydrogens (tertiary/aromatic N) is 1. The fraction of sp³-hybridized carbons (Fsp3) is 0.321. The number of rotatable bonds is 6. The average Bonchev–Trinajstić information content (AvgIpc) is 3.44. The fourth-order valence-electron chi connectivity index (χ4n) is 5.25. The smallest absolute Gasteiger partial charge is 0.256 e. The number of ether oxygens (including phenoxy) is 1. The van der Waals surface area contributed by atoms with Crippen LogP contribution in [0.25, 0.3) is 11.6 Å². The number of para-hydroxylation sites is 1. The van der Waals surface area contributed by atoms with Crippen LogP contribution in [0.1, 0.15) is 41.1 Å². The van der Waals surface area contributed by atoms with E-state index in [4.69, 9.17) is 9.15 Å². The Labute approximate surface area is 216 Å². The van der Waals surface area contributed by atoms with E-state index in [2.05, 4.69) is 10.6 Å². The van der Waals surface area contributed by atoms with Crippen molar-refractivity contribution < 1.29 is 22.4 Å². The normalized spacial score (nSPS) is 18.9. The molecule has 0 spiro atoms. The monoisotopic (exact) mass is 519 g/mol. The van der Waals surface area contributed by atoms with E-state index < -0.39 is 10.0 Å². The zero-order chi connectivity index (χ0) is 25.4. The third kappa shape index (κ3) is 4.58. The quantitative estimate of drug-likeness (QED) is 0.472. The lowest BCUT2D eigenvalue weighted by atomic mass is 9.94. The van der Waals surface area contributed by atoms with Crippen molar-refractivity contribution in [2.24, 2.45) is 0 Å². The first-order valence-electron chi connectivity index (χ1n) is 12.7. The van der Waals surface area contributed by atoms with Gasteiger partial charge in [-0.1, -0.05) is 18.2 Å². The van der Waals surface area contributed by atoms with Crippen LogP contribution in [-0.2, 0) is 38.9 Å². The molecule has 0 atom stereocenters. The van der Waals surface area contributed by atoms with Crippen LogP contribution in [0.4, 0.5) is 11.4 Å². The third-order valence-electron chi connectivity index (χ3n) is 7.21. The predicted octanol–water partition coefficient (Wildman–Crippen LogP) is 4.28. The molecule has 1 aromatic heterocycles. The second-order valence-corrected chi connectivity index (χ2v) is 11.4. The summed E-state index contributed by atoms with van der Waals surface area (Å²) in [6.45, 7) is 1.95. The number of furan rings is 1. The molecule has 3 aromatic rings. The molecule has 1 saturated heterocycles. The SMILES string of the molecule is O=C1Nc2ccc(S(=O)(=O)N3CCOCC3)cc2C1=Cc1oc2c(c1CNc1ccccc1)CCCC2. The Kier molecular flexibility index (Phi) is 6.36. The largest absolute Gasteiger partial charge is 0.461 e. The Morgan fingerprint density at radius 1 is 1.03 bits per heavy atom. The van der Waals surface area contributed by atoms with E-state index in [-0.39, 0.29) is 10.8 Å². The number of carbonyl (C=O) groups excluding carboxylic acids is 1. The van der Waals surface area contributed by atoms with Crippen molar-refractivity contribution in [3.8, 4) is 0 Å². The maximum Gasteiger partial charge on any atom is 0.256 e. The summed E-state index contributed by atoms with van der Waals surface area (Å²) >= 11 is 0. The van der Waals surface area contributed by atoms with Crippen LogP contribution in [0.2, 0.25) is 0 Å². The lowest BCUT2D eigenvalue weighted by Gasteiger charge is -2.26. The summed E-state index contributed by atoms with van der Waals surface area (Å²) in [5.41, 5.74) is 4.83. The van der Waals surface area contributed by atoms with Crippen LogP contribution in [0.5, 0.6) is 0 Å². The van der Waals surface area contributed by atoms with E-state index >= 15 is 0 Å². The van der Waals surface area contributed by atoms with Gasteiger partial charge in [-0.05, 0) is 61.2 Å². The Morgan fingerprint density at radius 3 is 2.62 bits per heavy atom. The zero-order valence-corrected chi connectivity index (χ0v) is 21.3. The molecule has 0 unspecified atom stereocenters. The summed E-state index contributed by atoms with van der Waals surface area (Å²) in [4.78, 5) is 13.2. The molecule has 3 aliphatic rings. The van der Waals surface area contributed by atoms with E-state index in [1.165, 1.54) is 9.87 Å². The number of fused-ring (bicyclic) bond motifs is 2. The average molecular weight is 520 g/mol. The lowest BCUT2D eigenvalue weighted by Crippen LogP contribution is -2.40. The third-order valence-corrected chi connectivity index (χ3v) is 9.11. The van der Waals surface area contributed by atoms with Crippen molar-refractivity contribution >= 4 is 39.0 Å².